The molecule has 0 N–H and O–H groups in total. The van der Waals surface area contributed by atoms with Crippen LogP contribution in [0.2, 0.25) is 0 Å². The summed E-state index contributed by atoms with van der Waals surface area (Å²) in [6, 6.07) is 8.03. The normalized spacial score (nSPS) is 14.9. The van der Waals surface area contributed by atoms with E-state index in [9.17, 15) is 4.39 Å². The fraction of sp³-hybridized carbons (Fsp3) is 0.182. The fourth-order valence-electron chi connectivity index (χ4n) is 4.18. The standard InChI is InChI=1S/C22H19FN10/c1-3-16-21-28-26-13-32(21)17-12-25-22(27-20(17)33(16)18-8-10-30(2)29-18)31-11-9-24-19(31)14-4-6-15(23)7-5-14/h4-13,16H,3H2,1-2H3. The number of hydrogen-bond donors (Lipinski definition) is 0. The van der Waals surface area contributed by atoms with Gasteiger partial charge in [-0.2, -0.15) is 10.1 Å². The average Bonchev–Trinajstić information content (AvgIpc) is 3.59. The third kappa shape index (κ3) is 3.00. The summed E-state index contributed by atoms with van der Waals surface area (Å²) in [7, 11) is 1.88. The second-order valence-electron chi connectivity index (χ2n) is 7.71. The van der Waals surface area contributed by atoms with Crippen LogP contribution in [0.1, 0.15) is 25.2 Å². The third-order valence-electron chi connectivity index (χ3n) is 5.70. The maximum Gasteiger partial charge on any atom is 0.237 e. The molecule has 1 unspecified atom stereocenters. The lowest BCUT2D eigenvalue weighted by Crippen LogP contribution is -2.32. The van der Waals surface area contributed by atoms with E-state index < -0.39 is 0 Å². The maximum absolute atomic E-state index is 13.4. The number of imidazole rings is 1. The van der Waals surface area contributed by atoms with E-state index in [1.807, 2.05) is 23.9 Å². The molecule has 0 spiro atoms. The number of aryl methyl sites for hydroxylation is 1. The Labute approximate surface area is 188 Å². The van der Waals surface area contributed by atoms with Crippen LogP contribution in [0.3, 0.4) is 0 Å². The van der Waals surface area contributed by atoms with Gasteiger partial charge < -0.3 is 0 Å². The zero-order valence-electron chi connectivity index (χ0n) is 17.9. The average molecular weight is 442 g/mol. The zero-order valence-corrected chi connectivity index (χ0v) is 17.9. The van der Waals surface area contributed by atoms with Crippen molar-refractivity contribution in [3.63, 3.8) is 0 Å². The Bertz CT molecular complexity index is 1450. The van der Waals surface area contributed by atoms with Crippen molar-refractivity contribution in [3.05, 3.63) is 73.1 Å². The van der Waals surface area contributed by atoms with Crippen molar-refractivity contribution >= 4 is 11.6 Å². The van der Waals surface area contributed by atoms with Gasteiger partial charge in [0.1, 0.15) is 23.7 Å². The number of halogens is 1. The molecule has 0 radical (unpaired) electrons. The zero-order chi connectivity index (χ0) is 22.5. The maximum atomic E-state index is 13.4. The Kier molecular flexibility index (Phi) is 4.28. The Balaban J connectivity index is 1.54. The van der Waals surface area contributed by atoms with Gasteiger partial charge in [-0.25, -0.2) is 14.4 Å². The van der Waals surface area contributed by atoms with E-state index in [1.54, 1.807) is 46.3 Å². The van der Waals surface area contributed by atoms with Gasteiger partial charge >= 0.3 is 0 Å². The summed E-state index contributed by atoms with van der Waals surface area (Å²) in [4.78, 5) is 16.1. The summed E-state index contributed by atoms with van der Waals surface area (Å²) in [6.45, 7) is 2.09. The number of rotatable bonds is 4. The molecule has 4 aromatic heterocycles. The molecule has 0 aliphatic carbocycles. The highest BCUT2D eigenvalue weighted by molar-refractivity contribution is 5.70. The number of hydrogen-bond acceptors (Lipinski definition) is 7. The molecule has 10 nitrogen and oxygen atoms in total. The largest absolute Gasteiger partial charge is 0.297 e. The van der Waals surface area contributed by atoms with Crippen LogP contribution < -0.4 is 4.90 Å². The first kappa shape index (κ1) is 19.3. The van der Waals surface area contributed by atoms with E-state index >= 15 is 0 Å². The van der Waals surface area contributed by atoms with E-state index in [-0.39, 0.29) is 11.9 Å². The molecule has 0 saturated heterocycles. The molecule has 0 amide bonds. The number of nitrogens with zero attached hydrogens (tertiary/aromatic N) is 10. The fourth-order valence-corrected chi connectivity index (χ4v) is 4.18. The minimum Gasteiger partial charge on any atom is -0.297 e. The van der Waals surface area contributed by atoms with Gasteiger partial charge in [0.15, 0.2) is 17.5 Å². The van der Waals surface area contributed by atoms with E-state index in [1.165, 1.54) is 12.1 Å². The molecule has 5 heterocycles. The van der Waals surface area contributed by atoms with Crippen molar-refractivity contribution in [2.24, 2.45) is 7.05 Å². The minimum atomic E-state index is -0.303. The van der Waals surface area contributed by atoms with Crippen LogP contribution in [0.4, 0.5) is 16.0 Å². The van der Waals surface area contributed by atoms with Crippen LogP contribution in [-0.2, 0) is 7.05 Å². The molecule has 0 fully saturated rings. The highest BCUT2D eigenvalue weighted by Gasteiger charge is 2.36. The molecule has 164 valence electrons. The van der Waals surface area contributed by atoms with Crippen molar-refractivity contribution in [1.29, 1.82) is 0 Å². The van der Waals surface area contributed by atoms with Crippen molar-refractivity contribution in [2.75, 3.05) is 4.90 Å². The first-order valence-corrected chi connectivity index (χ1v) is 10.5. The van der Waals surface area contributed by atoms with Crippen molar-refractivity contribution < 1.29 is 4.39 Å². The van der Waals surface area contributed by atoms with Crippen LogP contribution in [0.25, 0.3) is 23.0 Å². The van der Waals surface area contributed by atoms with E-state index in [4.69, 9.17) is 4.98 Å². The summed E-state index contributed by atoms with van der Waals surface area (Å²) >= 11 is 0. The molecule has 1 aliphatic heterocycles. The van der Waals surface area contributed by atoms with Crippen LogP contribution in [0.15, 0.2) is 61.4 Å². The quantitative estimate of drug-likeness (QED) is 0.421. The van der Waals surface area contributed by atoms with Gasteiger partial charge in [0.2, 0.25) is 5.95 Å². The summed E-state index contributed by atoms with van der Waals surface area (Å²) in [6.07, 6.45) is 9.56. The predicted octanol–water partition coefficient (Wildman–Crippen LogP) is 3.39. The molecule has 33 heavy (non-hydrogen) atoms. The van der Waals surface area contributed by atoms with Crippen LogP contribution in [0, 0.1) is 5.82 Å². The molecule has 1 aliphatic rings. The SMILES string of the molecule is CCC1c2nncn2-c2cnc(-n3ccnc3-c3ccc(F)cc3)nc2N1c1ccn(C)n1. The minimum absolute atomic E-state index is 0.1000. The van der Waals surface area contributed by atoms with Crippen molar-refractivity contribution in [2.45, 2.75) is 19.4 Å². The first-order valence-electron chi connectivity index (χ1n) is 10.5. The number of benzene rings is 1. The van der Waals surface area contributed by atoms with Gasteiger partial charge in [0, 0.05) is 37.3 Å². The van der Waals surface area contributed by atoms with E-state index in [2.05, 4.69) is 37.1 Å². The van der Waals surface area contributed by atoms with Gasteiger partial charge in [0.25, 0.3) is 0 Å². The topological polar surface area (TPSA) is 95.4 Å². The van der Waals surface area contributed by atoms with E-state index in [0.29, 0.717) is 17.6 Å². The lowest BCUT2D eigenvalue weighted by atomic mass is 10.1. The molecule has 0 bridgehead atoms. The number of anilines is 2. The monoisotopic (exact) mass is 442 g/mol. The van der Waals surface area contributed by atoms with Crippen LogP contribution in [-0.4, -0.2) is 44.1 Å². The second kappa shape index (κ2) is 7.33. The predicted molar refractivity (Wildman–Crippen MR) is 118 cm³/mol. The summed E-state index contributed by atoms with van der Waals surface area (Å²) in [5.41, 5.74) is 1.52. The Morgan fingerprint density at radius 1 is 1.03 bits per heavy atom. The number of aromatic nitrogens is 9. The van der Waals surface area contributed by atoms with Crippen LogP contribution >= 0.6 is 0 Å². The van der Waals surface area contributed by atoms with E-state index in [0.717, 1.165) is 29.3 Å². The Morgan fingerprint density at radius 3 is 2.64 bits per heavy atom. The third-order valence-corrected chi connectivity index (χ3v) is 5.70. The van der Waals surface area contributed by atoms with Gasteiger partial charge in [-0.3, -0.25) is 18.7 Å². The first-order chi connectivity index (χ1) is 16.1. The smallest absolute Gasteiger partial charge is 0.237 e. The second-order valence-corrected chi connectivity index (χ2v) is 7.71. The summed E-state index contributed by atoms with van der Waals surface area (Å²) in [5.74, 6) is 3.01. The van der Waals surface area contributed by atoms with Gasteiger partial charge in [0.05, 0.1) is 12.2 Å². The van der Waals surface area contributed by atoms with Gasteiger partial charge in [-0.05, 0) is 30.7 Å². The summed E-state index contributed by atoms with van der Waals surface area (Å²) in [5, 5.41) is 13.1. The molecule has 1 atom stereocenters. The molecule has 11 heteroatoms. The van der Waals surface area contributed by atoms with Crippen molar-refractivity contribution in [3.8, 4) is 23.0 Å². The lowest BCUT2D eigenvalue weighted by Gasteiger charge is -2.35. The Hall–Kier alpha value is -4.41. The highest BCUT2D eigenvalue weighted by Crippen LogP contribution is 2.42. The molecule has 6 rings (SSSR count). The Morgan fingerprint density at radius 2 is 1.88 bits per heavy atom. The lowest BCUT2D eigenvalue weighted by molar-refractivity contribution is 0.580. The summed E-state index contributed by atoms with van der Waals surface area (Å²) < 4.78 is 18.9. The molecular weight excluding hydrogens is 423 g/mol. The molecule has 0 saturated carbocycles. The van der Waals surface area contributed by atoms with Gasteiger partial charge in [-0.15, -0.1) is 10.2 Å². The number of fused-ring (bicyclic) bond motifs is 3. The highest BCUT2D eigenvalue weighted by atomic mass is 19.1. The van der Waals surface area contributed by atoms with Crippen LogP contribution in [0.5, 0.6) is 0 Å². The molecule has 5 aromatic rings. The molecular formula is C22H19FN10. The molecule has 1 aromatic carbocycles. The van der Waals surface area contributed by atoms with Gasteiger partial charge in [-0.1, -0.05) is 6.92 Å². The van der Waals surface area contributed by atoms with Crippen molar-refractivity contribution in [1.82, 2.24) is 44.1 Å².